The van der Waals surface area contributed by atoms with Gasteiger partial charge in [-0.2, -0.15) is 0 Å². The van der Waals surface area contributed by atoms with Gasteiger partial charge in [-0.05, 0) is 41.5 Å². The number of nitrogens with zero attached hydrogens (tertiary/aromatic N) is 1. The summed E-state index contributed by atoms with van der Waals surface area (Å²) >= 11 is 7.50. The van der Waals surface area contributed by atoms with Gasteiger partial charge in [0.25, 0.3) is 10.0 Å². The van der Waals surface area contributed by atoms with E-state index in [2.05, 4.69) is 9.71 Å². The lowest BCUT2D eigenvalue weighted by molar-refractivity contribution is 0.0698. The fourth-order valence-electron chi connectivity index (χ4n) is 3.04. The van der Waals surface area contributed by atoms with E-state index < -0.39 is 16.0 Å². The summed E-state index contributed by atoms with van der Waals surface area (Å²) in [7, 11) is -4.13. The van der Waals surface area contributed by atoms with Crippen LogP contribution in [0.15, 0.2) is 83.2 Å². The van der Waals surface area contributed by atoms with E-state index in [4.69, 9.17) is 11.6 Å². The molecule has 0 aliphatic carbocycles. The molecule has 1 aromatic heterocycles. The van der Waals surface area contributed by atoms with Gasteiger partial charge in [-0.15, -0.1) is 11.3 Å². The van der Waals surface area contributed by atoms with Crippen LogP contribution in [-0.2, 0) is 10.0 Å². The van der Waals surface area contributed by atoms with Crippen LogP contribution in [0.25, 0.3) is 21.7 Å². The van der Waals surface area contributed by atoms with Gasteiger partial charge in [0.2, 0.25) is 0 Å². The Morgan fingerprint density at radius 1 is 0.968 bits per heavy atom. The number of benzene rings is 3. The number of aromatic nitrogens is 1. The molecule has 0 fully saturated rings. The second kappa shape index (κ2) is 8.50. The molecule has 4 aromatic rings. The molecule has 0 unspecified atom stereocenters. The van der Waals surface area contributed by atoms with Crippen molar-refractivity contribution in [2.45, 2.75) is 4.90 Å². The zero-order valence-corrected chi connectivity index (χ0v) is 18.2. The molecule has 0 saturated heterocycles. The maximum atomic E-state index is 13.1. The Kier molecular flexibility index (Phi) is 5.77. The van der Waals surface area contributed by atoms with Crippen LogP contribution in [0.3, 0.4) is 0 Å². The first-order chi connectivity index (χ1) is 14.8. The molecule has 0 radical (unpaired) electrons. The number of hydrogen-bond acceptors (Lipinski definition) is 5. The molecule has 0 aliphatic heterocycles. The van der Waals surface area contributed by atoms with Crippen molar-refractivity contribution in [2.24, 2.45) is 0 Å². The van der Waals surface area contributed by atoms with Crippen molar-refractivity contribution in [3.63, 3.8) is 0 Å². The summed E-state index contributed by atoms with van der Waals surface area (Å²) in [5.41, 5.74) is 1.86. The molecule has 1 heterocycles. The van der Waals surface area contributed by atoms with E-state index in [-0.39, 0.29) is 21.2 Å². The molecule has 0 saturated carbocycles. The fraction of sp³-hybridized carbons (Fsp3) is 0. The first kappa shape index (κ1) is 21.0. The zero-order chi connectivity index (χ0) is 22.0. The molecule has 0 atom stereocenters. The van der Waals surface area contributed by atoms with Gasteiger partial charge in [0.15, 0.2) is 0 Å². The lowest BCUT2D eigenvalue weighted by Gasteiger charge is -2.13. The van der Waals surface area contributed by atoms with Gasteiger partial charge in [-0.1, -0.05) is 48.0 Å². The number of halogens is 1. The number of rotatable bonds is 6. The average molecular weight is 471 g/mol. The topological polar surface area (TPSA) is 96.4 Å². The predicted octanol–water partition coefficient (Wildman–Crippen LogP) is 5.63. The summed E-state index contributed by atoms with van der Waals surface area (Å²) < 4.78 is 28.6. The van der Waals surface area contributed by atoms with Gasteiger partial charge >= 0.3 is 5.97 Å². The molecule has 2 N–H and O–H groups in total. The molecular formula is C22H15ClN2O4S2. The minimum Gasteiger partial charge on any atom is -0.478 e. The first-order valence-electron chi connectivity index (χ1n) is 8.99. The minimum atomic E-state index is -4.13. The number of nitrogens with one attached hydrogen (secondary N) is 1. The summed E-state index contributed by atoms with van der Waals surface area (Å²) in [6.07, 6.45) is 1.61. The number of carboxylic acids is 1. The van der Waals surface area contributed by atoms with E-state index in [1.807, 2.05) is 30.3 Å². The summed E-state index contributed by atoms with van der Waals surface area (Å²) in [5, 5.41) is 12.2. The van der Waals surface area contributed by atoms with Gasteiger partial charge in [-0.25, -0.2) is 18.2 Å². The maximum absolute atomic E-state index is 13.1. The molecule has 0 spiro atoms. The van der Waals surface area contributed by atoms with Crippen molar-refractivity contribution >= 4 is 44.6 Å². The average Bonchev–Trinajstić information content (AvgIpc) is 3.28. The van der Waals surface area contributed by atoms with E-state index in [0.29, 0.717) is 16.1 Å². The highest BCUT2D eigenvalue weighted by Gasteiger charge is 2.21. The molecular weight excluding hydrogens is 456 g/mol. The van der Waals surface area contributed by atoms with Gasteiger partial charge in [0.1, 0.15) is 5.01 Å². The van der Waals surface area contributed by atoms with Crippen molar-refractivity contribution in [3.05, 3.63) is 88.9 Å². The molecule has 0 aliphatic rings. The minimum absolute atomic E-state index is 0.0374. The zero-order valence-electron chi connectivity index (χ0n) is 15.8. The molecule has 4 rings (SSSR count). The second-order valence-electron chi connectivity index (χ2n) is 6.55. The highest BCUT2D eigenvalue weighted by Crippen LogP contribution is 2.31. The van der Waals surface area contributed by atoms with Crippen LogP contribution in [0, 0.1) is 0 Å². The van der Waals surface area contributed by atoms with Crippen molar-refractivity contribution in [3.8, 4) is 21.7 Å². The third-order valence-corrected chi connectivity index (χ3v) is 6.85. The number of thiazole rings is 1. The number of carboxylic acid groups (broad SMARTS) is 1. The monoisotopic (exact) mass is 470 g/mol. The van der Waals surface area contributed by atoms with E-state index in [1.165, 1.54) is 35.6 Å². The van der Waals surface area contributed by atoms with Crippen LogP contribution >= 0.6 is 22.9 Å². The van der Waals surface area contributed by atoms with Crippen LogP contribution in [0.5, 0.6) is 0 Å². The lowest BCUT2D eigenvalue weighted by atomic mass is 10.0. The predicted molar refractivity (Wildman–Crippen MR) is 122 cm³/mol. The third-order valence-electron chi connectivity index (χ3n) is 4.46. The summed E-state index contributed by atoms with van der Waals surface area (Å²) in [4.78, 5) is 15.8. The Bertz CT molecular complexity index is 1360. The highest BCUT2D eigenvalue weighted by molar-refractivity contribution is 7.92. The third kappa shape index (κ3) is 4.61. The number of aromatic carboxylic acids is 1. The van der Waals surface area contributed by atoms with Crippen LogP contribution in [0.1, 0.15) is 10.4 Å². The second-order valence-corrected chi connectivity index (χ2v) is 9.56. The van der Waals surface area contributed by atoms with Crippen LogP contribution in [0.2, 0.25) is 5.02 Å². The molecule has 156 valence electrons. The van der Waals surface area contributed by atoms with Crippen molar-refractivity contribution < 1.29 is 18.3 Å². The Morgan fingerprint density at radius 2 is 1.74 bits per heavy atom. The number of hydrogen-bond donors (Lipinski definition) is 2. The quantitative estimate of drug-likeness (QED) is 0.380. The standard InChI is InChI=1S/C22H15ClN2O4S2/c23-17-10-16(21-24-8-9-30-21)11-18(13-17)31(28,29)25-20-12-15(6-7-19(20)22(26)27)14-4-2-1-3-5-14/h1-13,25H,(H,26,27). The Hall–Kier alpha value is -3.20. The summed E-state index contributed by atoms with van der Waals surface area (Å²) in [6.45, 7) is 0. The highest BCUT2D eigenvalue weighted by atomic mass is 35.5. The van der Waals surface area contributed by atoms with Gasteiger partial charge in [0.05, 0.1) is 16.1 Å². The Labute approximate surface area is 187 Å². The summed E-state index contributed by atoms with van der Waals surface area (Å²) in [6, 6.07) is 18.1. The van der Waals surface area contributed by atoms with E-state index >= 15 is 0 Å². The smallest absolute Gasteiger partial charge is 0.337 e. The Morgan fingerprint density at radius 3 is 2.42 bits per heavy atom. The normalized spacial score (nSPS) is 11.3. The SMILES string of the molecule is O=C(O)c1ccc(-c2ccccc2)cc1NS(=O)(=O)c1cc(Cl)cc(-c2nccs2)c1. The van der Waals surface area contributed by atoms with Crippen LogP contribution < -0.4 is 4.72 Å². The molecule has 9 heteroatoms. The largest absolute Gasteiger partial charge is 0.478 e. The number of anilines is 1. The Balaban J connectivity index is 1.77. The van der Waals surface area contributed by atoms with Crippen molar-refractivity contribution in [1.29, 1.82) is 0 Å². The molecule has 3 aromatic carbocycles. The van der Waals surface area contributed by atoms with Gasteiger partial charge in [-0.3, -0.25) is 4.72 Å². The van der Waals surface area contributed by atoms with Gasteiger partial charge in [0, 0.05) is 22.2 Å². The lowest BCUT2D eigenvalue weighted by Crippen LogP contribution is -2.16. The van der Waals surface area contributed by atoms with Crippen LogP contribution in [0.4, 0.5) is 5.69 Å². The molecule has 6 nitrogen and oxygen atoms in total. The van der Waals surface area contributed by atoms with E-state index in [9.17, 15) is 18.3 Å². The first-order valence-corrected chi connectivity index (χ1v) is 11.7. The number of sulfonamides is 1. The fourth-order valence-corrected chi connectivity index (χ4v) is 5.10. The molecule has 31 heavy (non-hydrogen) atoms. The van der Waals surface area contributed by atoms with Gasteiger partial charge < -0.3 is 5.11 Å². The van der Waals surface area contributed by atoms with E-state index in [0.717, 1.165) is 5.56 Å². The molecule has 0 bridgehead atoms. The molecule has 0 amide bonds. The number of carbonyl (C=O) groups is 1. The maximum Gasteiger partial charge on any atom is 0.337 e. The summed E-state index contributed by atoms with van der Waals surface area (Å²) in [5.74, 6) is -1.24. The van der Waals surface area contributed by atoms with Crippen molar-refractivity contribution in [1.82, 2.24) is 4.98 Å². The van der Waals surface area contributed by atoms with Crippen LogP contribution in [-0.4, -0.2) is 24.5 Å². The van der Waals surface area contributed by atoms with E-state index in [1.54, 1.807) is 23.7 Å². The van der Waals surface area contributed by atoms with Crippen molar-refractivity contribution in [2.75, 3.05) is 4.72 Å².